The lowest BCUT2D eigenvalue weighted by molar-refractivity contribution is -0.537. The third kappa shape index (κ3) is 3.68. The molecular formula is C21H17ClN3O2+. The lowest BCUT2D eigenvalue weighted by Crippen LogP contribution is -2.19. The molecule has 0 aliphatic carbocycles. The molecule has 2 aromatic carbocycles. The van der Waals surface area contributed by atoms with Gasteiger partial charge in [-0.05, 0) is 42.4 Å². The smallest absolute Gasteiger partial charge is 0.257 e. The number of anilines is 1. The molecule has 134 valence electrons. The number of allylic oxidation sites excluding steroid dienone is 1. The van der Waals surface area contributed by atoms with Gasteiger partial charge in [0.2, 0.25) is 12.2 Å². The fourth-order valence-electron chi connectivity index (χ4n) is 2.90. The summed E-state index contributed by atoms with van der Waals surface area (Å²) in [6, 6.07) is 14.3. The highest BCUT2D eigenvalue weighted by Gasteiger charge is 2.27. The summed E-state index contributed by atoms with van der Waals surface area (Å²) in [6.07, 6.45) is 7.75. The molecule has 4 rings (SSSR count). The van der Waals surface area contributed by atoms with Crippen LogP contribution in [-0.4, -0.2) is 16.6 Å². The maximum Gasteiger partial charge on any atom is 0.257 e. The van der Waals surface area contributed by atoms with E-state index >= 15 is 0 Å². The molecule has 1 atom stereocenters. The first-order valence-electron chi connectivity index (χ1n) is 8.50. The number of halogens is 1. The van der Waals surface area contributed by atoms with E-state index in [1.165, 1.54) is 0 Å². The Hall–Kier alpha value is -3.18. The van der Waals surface area contributed by atoms with Gasteiger partial charge in [-0.25, -0.2) is 0 Å². The second-order valence-corrected chi connectivity index (χ2v) is 6.64. The van der Waals surface area contributed by atoms with E-state index in [2.05, 4.69) is 16.5 Å². The van der Waals surface area contributed by atoms with Crippen LogP contribution >= 0.6 is 11.6 Å². The van der Waals surface area contributed by atoms with Crippen molar-refractivity contribution in [1.82, 2.24) is 0 Å². The quantitative estimate of drug-likeness (QED) is 0.749. The van der Waals surface area contributed by atoms with Gasteiger partial charge in [-0.3, -0.25) is 4.79 Å². The van der Waals surface area contributed by atoms with Crippen molar-refractivity contribution in [3.63, 3.8) is 0 Å². The van der Waals surface area contributed by atoms with Crippen molar-refractivity contribution in [1.29, 1.82) is 0 Å². The van der Waals surface area contributed by atoms with E-state index in [1.807, 2.05) is 36.0 Å². The summed E-state index contributed by atoms with van der Waals surface area (Å²) < 4.78 is 7.85. The van der Waals surface area contributed by atoms with E-state index in [1.54, 1.807) is 42.6 Å². The van der Waals surface area contributed by atoms with Crippen LogP contribution in [0.5, 0.6) is 5.75 Å². The number of carbonyl (C=O) groups is 1. The first-order chi connectivity index (χ1) is 13.1. The summed E-state index contributed by atoms with van der Waals surface area (Å²) in [5.74, 6) is 1.07. The van der Waals surface area contributed by atoms with E-state index in [0.29, 0.717) is 27.8 Å². The van der Waals surface area contributed by atoms with Crippen molar-refractivity contribution in [3.8, 4) is 5.75 Å². The number of amides is 1. The Bertz CT molecular complexity index is 1040. The molecule has 2 aliphatic heterocycles. The van der Waals surface area contributed by atoms with Crippen molar-refractivity contribution in [2.45, 2.75) is 13.0 Å². The zero-order chi connectivity index (χ0) is 18.8. The van der Waals surface area contributed by atoms with Crippen LogP contribution in [0, 0.1) is 0 Å². The molecule has 1 N–H and O–H groups in total. The Morgan fingerprint density at radius 1 is 1.22 bits per heavy atom. The third-order valence-electron chi connectivity index (χ3n) is 4.29. The largest absolute Gasteiger partial charge is 0.451 e. The molecule has 0 radical (unpaired) electrons. The van der Waals surface area contributed by atoms with Gasteiger partial charge in [-0.15, -0.1) is 0 Å². The van der Waals surface area contributed by atoms with Gasteiger partial charge < -0.3 is 10.1 Å². The molecule has 0 spiro atoms. The highest BCUT2D eigenvalue weighted by molar-refractivity contribution is 6.34. The molecule has 5 nitrogen and oxygen atoms in total. The number of azo groups is 2. The van der Waals surface area contributed by atoms with Crippen LogP contribution in [0.4, 0.5) is 5.69 Å². The van der Waals surface area contributed by atoms with Gasteiger partial charge in [0.15, 0.2) is 5.76 Å². The summed E-state index contributed by atoms with van der Waals surface area (Å²) in [7, 11) is 0. The van der Waals surface area contributed by atoms with Crippen molar-refractivity contribution < 1.29 is 14.2 Å². The first-order valence-corrected chi connectivity index (χ1v) is 8.88. The van der Waals surface area contributed by atoms with Crippen LogP contribution in [0.2, 0.25) is 5.02 Å². The molecule has 0 bridgehead atoms. The van der Waals surface area contributed by atoms with E-state index < -0.39 is 0 Å². The Morgan fingerprint density at radius 3 is 2.93 bits per heavy atom. The minimum absolute atomic E-state index is 0.151. The molecule has 0 saturated carbocycles. The molecule has 2 aromatic rings. The molecule has 0 saturated heterocycles. The van der Waals surface area contributed by atoms with Crippen LogP contribution < -0.4 is 10.1 Å². The molecule has 0 fully saturated rings. The number of hydrogen-bond donors (Lipinski definition) is 1. The molecule has 6 heteroatoms. The lowest BCUT2D eigenvalue weighted by atomic mass is 10.1. The van der Waals surface area contributed by atoms with Gasteiger partial charge in [0.25, 0.3) is 5.91 Å². The predicted octanol–water partition coefficient (Wildman–Crippen LogP) is 5.13. The number of rotatable bonds is 4. The maximum atomic E-state index is 12.4. The molecule has 2 aliphatic rings. The number of nitrogens with zero attached hydrogens (tertiary/aromatic N) is 2. The molecule has 2 heterocycles. The average molecular weight is 379 g/mol. The monoisotopic (exact) mass is 378 g/mol. The zero-order valence-electron chi connectivity index (χ0n) is 14.6. The Labute approximate surface area is 161 Å². The highest BCUT2D eigenvalue weighted by Crippen LogP contribution is 2.27. The van der Waals surface area contributed by atoms with Crippen molar-refractivity contribution in [3.05, 3.63) is 95.0 Å². The Balaban J connectivity index is 1.51. The summed E-state index contributed by atoms with van der Waals surface area (Å²) in [4.78, 5) is 12.4. The molecule has 1 amide bonds. The van der Waals surface area contributed by atoms with Gasteiger partial charge in [0.1, 0.15) is 5.75 Å². The number of carbonyl (C=O) groups excluding carboxylic acids is 1. The fraction of sp³-hybridized carbons (Fsp3) is 0.0952. The molecule has 0 aromatic heterocycles. The Kier molecular flexibility index (Phi) is 4.60. The van der Waals surface area contributed by atoms with Gasteiger partial charge in [0, 0.05) is 23.4 Å². The van der Waals surface area contributed by atoms with Crippen LogP contribution in [0.3, 0.4) is 0 Å². The molecule has 1 unspecified atom stereocenters. The zero-order valence-corrected chi connectivity index (χ0v) is 15.4. The lowest BCUT2D eigenvalue weighted by Gasteiger charge is -2.14. The highest BCUT2D eigenvalue weighted by atomic mass is 35.5. The van der Waals surface area contributed by atoms with Crippen molar-refractivity contribution in [2.75, 3.05) is 5.32 Å². The van der Waals surface area contributed by atoms with Gasteiger partial charge in [-0.2, -0.15) is 0 Å². The molecular weight excluding hydrogens is 362 g/mol. The van der Waals surface area contributed by atoms with E-state index in [-0.39, 0.29) is 11.9 Å². The number of benzene rings is 2. The number of nitrogens with one attached hydrogen (secondary N) is 1. The minimum atomic E-state index is -0.268. The van der Waals surface area contributed by atoms with Crippen molar-refractivity contribution >= 4 is 23.2 Å². The van der Waals surface area contributed by atoms with Crippen LogP contribution in [0.25, 0.3) is 0 Å². The van der Waals surface area contributed by atoms with Crippen LogP contribution in [0.1, 0.15) is 17.3 Å². The van der Waals surface area contributed by atoms with Gasteiger partial charge >= 0.3 is 0 Å². The summed E-state index contributed by atoms with van der Waals surface area (Å²) in [5.41, 5.74) is 2.08. The summed E-state index contributed by atoms with van der Waals surface area (Å²) >= 11 is 6.09. The van der Waals surface area contributed by atoms with Crippen LogP contribution in [-0.2, 0) is 0 Å². The van der Waals surface area contributed by atoms with Crippen molar-refractivity contribution in [2.24, 2.45) is 5.11 Å². The second kappa shape index (κ2) is 7.21. The number of hydrogen-bond acceptors (Lipinski definition) is 3. The topological polar surface area (TPSA) is 53.7 Å². The SMILES string of the molecule is CC1=CC2C=CN=[N+]2C=C1Oc1cccc(NC(=O)c2ccccc2Cl)c1. The molecule has 27 heavy (non-hydrogen) atoms. The van der Waals surface area contributed by atoms with Gasteiger partial charge in [-0.1, -0.05) is 34.5 Å². The number of fused-ring (bicyclic) bond motifs is 1. The minimum Gasteiger partial charge on any atom is -0.451 e. The predicted molar refractivity (Wildman–Crippen MR) is 104 cm³/mol. The number of ether oxygens (including phenoxy) is 1. The maximum absolute atomic E-state index is 12.4. The van der Waals surface area contributed by atoms with E-state index in [9.17, 15) is 4.79 Å². The standard InChI is InChI=1S/C21H16ClN3O2/c1-14-11-16-9-10-23-25(16)13-20(14)27-17-6-4-5-15(12-17)24-21(26)18-7-2-3-8-19(18)22/h2-13,16H,1H3/p+1. The van der Waals surface area contributed by atoms with E-state index in [0.717, 1.165) is 5.57 Å². The average Bonchev–Trinajstić information content (AvgIpc) is 3.09. The normalized spacial score (nSPS) is 17.6. The van der Waals surface area contributed by atoms with Crippen LogP contribution in [0.15, 0.2) is 89.5 Å². The van der Waals surface area contributed by atoms with E-state index in [4.69, 9.17) is 16.3 Å². The fourth-order valence-corrected chi connectivity index (χ4v) is 3.12. The van der Waals surface area contributed by atoms with Gasteiger partial charge in [0.05, 0.1) is 16.8 Å². The third-order valence-corrected chi connectivity index (χ3v) is 4.62. The first kappa shape index (κ1) is 17.2. The second-order valence-electron chi connectivity index (χ2n) is 6.23. The summed E-state index contributed by atoms with van der Waals surface area (Å²) in [6.45, 7) is 2.00. The summed E-state index contributed by atoms with van der Waals surface area (Å²) in [5, 5.41) is 7.52. The Morgan fingerprint density at radius 2 is 2.07 bits per heavy atom.